The molecule has 1 aromatic heterocycles. The Morgan fingerprint density at radius 1 is 0.811 bits per heavy atom. The normalized spacial score (nSPS) is 13.1. The molecule has 0 aliphatic carbocycles. The predicted molar refractivity (Wildman–Crippen MR) is 149 cm³/mol. The van der Waals surface area contributed by atoms with Gasteiger partial charge in [-0.3, -0.25) is 0 Å². The number of hydrogen-bond donors (Lipinski definition) is 1. The minimum absolute atomic E-state index is 0. The third-order valence-electron chi connectivity index (χ3n) is 7.06. The van der Waals surface area contributed by atoms with E-state index in [1.54, 1.807) is 23.1 Å². The fraction of sp³-hybridized carbons (Fsp3) is 0.250. The minimum atomic E-state index is -1.55. The van der Waals surface area contributed by atoms with Crippen molar-refractivity contribution in [3.8, 4) is 0 Å². The number of hydrogen-bond acceptors (Lipinski definition) is 2. The maximum atomic E-state index is 13.8. The minimum Gasteiger partial charge on any atom is -0.479 e. The molecule has 0 aliphatic rings. The maximum absolute atomic E-state index is 13.8. The summed E-state index contributed by atoms with van der Waals surface area (Å²) >= 11 is 0. The molecular formula is C32H36N2O3. The van der Waals surface area contributed by atoms with E-state index in [1.165, 1.54) is 12.8 Å². The Labute approximate surface area is 219 Å². The summed E-state index contributed by atoms with van der Waals surface area (Å²) in [6.07, 6.45) is 12.7. The molecule has 0 saturated carbocycles. The molecule has 5 heteroatoms. The number of carboxylic acids is 1. The standard InChI is InChI=1S/C32H34N2O2.H2O/c1-2-3-4-5-6-16-24-31(27-18-10-7-11-19-27,28-20-12-8-13-21-28)32(30(35)36,34-26-17-25-33-34)29-22-14-9-15-23-29;/h6-23,25-26H,2-5,24H2,1H3,(H,35,36);1H2. The van der Waals surface area contributed by atoms with Crippen LogP contribution in [-0.4, -0.2) is 26.3 Å². The molecule has 4 aromatic rings. The van der Waals surface area contributed by atoms with Crippen molar-refractivity contribution < 1.29 is 15.4 Å². The number of benzene rings is 3. The first kappa shape index (κ1) is 27.6. The molecule has 3 N–H and O–H groups in total. The van der Waals surface area contributed by atoms with Gasteiger partial charge in [-0.15, -0.1) is 0 Å². The number of aromatic nitrogens is 2. The van der Waals surface area contributed by atoms with Gasteiger partial charge in [0.1, 0.15) is 0 Å². The fourth-order valence-corrected chi connectivity index (χ4v) is 5.43. The third kappa shape index (κ3) is 5.13. The molecule has 1 unspecified atom stereocenters. The summed E-state index contributed by atoms with van der Waals surface area (Å²) in [6, 6.07) is 31.4. The Kier molecular flexibility index (Phi) is 9.58. The van der Waals surface area contributed by atoms with Crippen LogP contribution in [0.1, 0.15) is 55.7 Å². The molecule has 37 heavy (non-hydrogen) atoms. The van der Waals surface area contributed by atoms with E-state index in [9.17, 15) is 9.90 Å². The smallest absolute Gasteiger partial charge is 0.337 e. The number of carboxylic acid groups (broad SMARTS) is 1. The van der Waals surface area contributed by atoms with Gasteiger partial charge in [0.25, 0.3) is 0 Å². The molecule has 4 rings (SSSR count). The Morgan fingerprint density at radius 2 is 1.35 bits per heavy atom. The molecular weight excluding hydrogens is 460 g/mol. The van der Waals surface area contributed by atoms with E-state index in [-0.39, 0.29) is 5.48 Å². The molecule has 0 radical (unpaired) electrons. The van der Waals surface area contributed by atoms with Crippen molar-refractivity contribution in [2.75, 3.05) is 0 Å². The summed E-state index contributed by atoms with van der Waals surface area (Å²) in [6.45, 7) is 2.20. The zero-order chi connectivity index (χ0) is 25.3. The van der Waals surface area contributed by atoms with Crippen LogP contribution < -0.4 is 0 Å². The largest absolute Gasteiger partial charge is 0.479 e. The molecule has 3 aromatic carbocycles. The molecule has 0 bridgehead atoms. The van der Waals surface area contributed by atoms with E-state index >= 15 is 0 Å². The van der Waals surface area contributed by atoms with E-state index in [0.29, 0.717) is 12.0 Å². The molecule has 0 aliphatic heterocycles. The Morgan fingerprint density at radius 3 is 1.81 bits per heavy atom. The molecule has 5 nitrogen and oxygen atoms in total. The number of allylic oxidation sites excluding steroid dienone is 2. The van der Waals surface area contributed by atoms with Crippen molar-refractivity contribution in [2.45, 2.75) is 50.0 Å². The van der Waals surface area contributed by atoms with Crippen LogP contribution in [0.2, 0.25) is 0 Å². The third-order valence-corrected chi connectivity index (χ3v) is 7.06. The van der Waals surface area contributed by atoms with Crippen molar-refractivity contribution in [3.05, 3.63) is 138 Å². The Balaban J connectivity index is 0.00000380. The first-order valence-corrected chi connectivity index (χ1v) is 12.7. The number of aliphatic carboxylic acids is 1. The van der Waals surface area contributed by atoms with E-state index in [0.717, 1.165) is 24.0 Å². The van der Waals surface area contributed by atoms with Crippen molar-refractivity contribution >= 4 is 5.97 Å². The molecule has 0 fully saturated rings. The van der Waals surface area contributed by atoms with Crippen LogP contribution in [0, 0.1) is 0 Å². The van der Waals surface area contributed by atoms with Gasteiger partial charge in [-0.25, -0.2) is 9.48 Å². The van der Waals surface area contributed by atoms with Crippen molar-refractivity contribution in [3.63, 3.8) is 0 Å². The van der Waals surface area contributed by atoms with E-state index in [2.05, 4.69) is 24.2 Å². The lowest BCUT2D eigenvalue weighted by Crippen LogP contribution is -2.60. The topological polar surface area (TPSA) is 86.6 Å². The average Bonchev–Trinajstić information content (AvgIpc) is 3.46. The highest BCUT2D eigenvalue weighted by atomic mass is 16.4. The first-order chi connectivity index (χ1) is 17.7. The molecule has 0 amide bonds. The van der Waals surface area contributed by atoms with Gasteiger partial charge in [0.2, 0.25) is 0 Å². The van der Waals surface area contributed by atoms with Crippen LogP contribution in [0.3, 0.4) is 0 Å². The van der Waals surface area contributed by atoms with Gasteiger partial charge < -0.3 is 10.6 Å². The highest BCUT2D eigenvalue weighted by molar-refractivity contribution is 5.85. The van der Waals surface area contributed by atoms with Gasteiger partial charge in [-0.2, -0.15) is 5.10 Å². The number of rotatable bonds is 12. The Bertz CT molecular complexity index is 1200. The molecule has 192 valence electrons. The summed E-state index contributed by atoms with van der Waals surface area (Å²) in [5.41, 5.74) is -0.00915. The number of unbranched alkanes of at least 4 members (excludes halogenated alkanes) is 3. The van der Waals surface area contributed by atoms with E-state index in [1.807, 2.05) is 91.0 Å². The predicted octanol–water partition coefficient (Wildman–Crippen LogP) is 6.40. The maximum Gasteiger partial charge on any atom is 0.337 e. The summed E-state index contributed by atoms with van der Waals surface area (Å²) < 4.78 is 1.63. The average molecular weight is 497 g/mol. The quantitative estimate of drug-likeness (QED) is 0.182. The number of carbonyl (C=O) groups is 1. The lowest BCUT2D eigenvalue weighted by atomic mass is 9.57. The van der Waals surface area contributed by atoms with Gasteiger partial charge in [0.05, 0.1) is 5.41 Å². The molecule has 0 spiro atoms. The van der Waals surface area contributed by atoms with Crippen LogP contribution in [-0.2, 0) is 15.7 Å². The van der Waals surface area contributed by atoms with E-state index in [4.69, 9.17) is 0 Å². The monoisotopic (exact) mass is 496 g/mol. The highest BCUT2D eigenvalue weighted by Gasteiger charge is 2.61. The van der Waals surface area contributed by atoms with Crippen LogP contribution in [0.5, 0.6) is 0 Å². The first-order valence-electron chi connectivity index (χ1n) is 12.7. The van der Waals surface area contributed by atoms with Gasteiger partial charge in [0, 0.05) is 12.4 Å². The zero-order valence-corrected chi connectivity index (χ0v) is 21.3. The van der Waals surface area contributed by atoms with Gasteiger partial charge >= 0.3 is 5.97 Å². The van der Waals surface area contributed by atoms with Crippen LogP contribution >= 0.6 is 0 Å². The number of nitrogens with zero attached hydrogens (tertiary/aromatic N) is 2. The summed E-state index contributed by atoms with van der Waals surface area (Å²) in [7, 11) is 0. The summed E-state index contributed by atoms with van der Waals surface area (Å²) in [4.78, 5) is 13.8. The second-order valence-corrected chi connectivity index (χ2v) is 9.14. The summed E-state index contributed by atoms with van der Waals surface area (Å²) in [5.74, 6) is -0.954. The molecule has 1 heterocycles. The second kappa shape index (κ2) is 12.8. The fourth-order valence-electron chi connectivity index (χ4n) is 5.43. The second-order valence-electron chi connectivity index (χ2n) is 9.14. The van der Waals surface area contributed by atoms with Crippen LogP contribution in [0.15, 0.2) is 122 Å². The van der Waals surface area contributed by atoms with Gasteiger partial charge in [-0.05, 0) is 42.0 Å². The van der Waals surface area contributed by atoms with Crippen LogP contribution in [0.4, 0.5) is 0 Å². The van der Waals surface area contributed by atoms with Crippen molar-refractivity contribution in [1.82, 2.24) is 9.78 Å². The highest BCUT2D eigenvalue weighted by Crippen LogP contribution is 2.52. The molecule has 1 atom stereocenters. The van der Waals surface area contributed by atoms with Crippen LogP contribution in [0.25, 0.3) is 0 Å². The SMILES string of the molecule is CCCCCC=CCC(c1ccccc1)(c1ccccc1)C(C(=O)O)(c1ccccc1)n1cccn1.O. The van der Waals surface area contributed by atoms with Gasteiger partial charge in [0.15, 0.2) is 5.54 Å². The lowest BCUT2D eigenvalue weighted by molar-refractivity contribution is -0.149. The van der Waals surface area contributed by atoms with E-state index < -0.39 is 16.9 Å². The van der Waals surface area contributed by atoms with Crippen molar-refractivity contribution in [1.29, 1.82) is 0 Å². The van der Waals surface area contributed by atoms with Gasteiger partial charge in [-0.1, -0.05) is 123 Å². The lowest BCUT2D eigenvalue weighted by Gasteiger charge is -2.49. The van der Waals surface area contributed by atoms with Crippen molar-refractivity contribution in [2.24, 2.45) is 0 Å². The Hall–Kier alpha value is -3.96. The molecule has 0 saturated heterocycles. The zero-order valence-electron chi connectivity index (χ0n) is 21.3. The summed E-state index contributed by atoms with van der Waals surface area (Å²) in [5, 5.41) is 15.9.